The number of halogens is 1. The van der Waals surface area contributed by atoms with Crippen molar-refractivity contribution >= 4 is 21.7 Å². The molecule has 0 amide bonds. The first kappa shape index (κ1) is 12.0. The third-order valence-electron chi connectivity index (χ3n) is 1.97. The standard InChI is InChI=1S/C10H12BrNO3/c1-14-8-4-3-6(7(13)5-12)10(15-2)9(8)11/h3-4H,5,12H2,1-2H3. The number of hydrogen-bond acceptors (Lipinski definition) is 4. The van der Waals surface area contributed by atoms with Crippen molar-refractivity contribution < 1.29 is 14.3 Å². The minimum absolute atomic E-state index is 0.0465. The fourth-order valence-electron chi connectivity index (χ4n) is 1.22. The molecule has 0 radical (unpaired) electrons. The van der Waals surface area contributed by atoms with Crippen LogP contribution < -0.4 is 15.2 Å². The highest BCUT2D eigenvalue weighted by Crippen LogP contribution is 2.37. The van der Waals surface area contributed by atoms with Crippen LogP contribution in [0.1, 0.15) is 10.4 Å². The van der Waals surface area contributed by atoms with Gasteiger partial charge in [-0.3, -0.25) is 4.79 Å². The van der Waals surface area contributed by atoms with Gasteiger partial charge < -0.3 is 15.2 Å². The van der Waals surface area contributed by atoms with Crippen molar-refractivity contribution in [2.75, 3.05) is 20.8 Å². The third kappa shape index (κ3) is 2.30. The van der Waals surface area contributed by atoms with Crippen molar-refractivity contribution in [1.29, 1.82) is 0 Å². The topological polar surface area (TPSA) is 61.5 Å². The Morgan fingerprint density at radius 3 is 2.53 bits per heavy atom. The molecule has 0 fully saturated rings. The van der Waals surface area contributed by atoms with Crippen LogP contribution in [0.25, 0.3) is 0 Å². The highest BCUT2D eigenvalue weighted by molar-refractivity contribution is 9.10. The highest BCUT2D eigenvalue weighted by Gasteiger charge is 2.16. The zero-order valence-corrected chi connectivity index (χ0v) is 10.1. The van der Waals surface area contributed by atoms with Gasteiger partial charge in [-0.1, -0.05) is 0 Å². The van der Waals surface area contributed by atoms with Gasteiger partial charge in [0.05, 0.1) is 26.3 Å². The molecule has 0 aliphatic carbocycles. The molecule has 15 heavy (non-hydrogen) atoms. The largest absolute Gasteiger partial charge is 0.495 e. The average Bonchev–Trinajstić information content (AvgIpc) is 2.27. The number of rotatable bonds is 4. The van der Waals surface area contributed by atoms with Crippen LogP contribution in [0.4, 0.5) is 0 Å². The number of carbonyl (C=O) groups excluding carboxylic acids is 1. The summed E-state index contributed by atoms with van der Waals surface area (Å²) in [4.78, 5) is 11.5. The van der Waals surface area contributed by atoms with Crippen molar-refractivity contribution in [3.63, 3.8) is 0 Å². The number of methoxy groups -OCH3 is 2. The zero-order chi connectivity index (χ0) is 11.4. The van der Waals surface area contributed by atoms with Crippen LogP contribution in [0.15, 0.2) is 16.6 Å². The molecule has 82 valence electrons. The maximum atomic E-state index is 11.5. The summed E-state index contributed by atoms with van der Waals surface area (Å²) in [5.74, 6) is 0.889. The Hall–Kier alpha value is -1.07. The summed E-state index contributed by atoms with van der Waals surface area (Å²) in [5.41, 5.74) is 5.75. The van der Waals surface area contributed by atoms with Crippen LogP contribution in [-0.4, -0.2) is 26.5 Å². The molecule has 2 N–H and O–H groups in total. The van der Waals surface area contributed by atoms with E-state index in [1.54, 1.807) is 19.2 Å². The van der Waals surface area contributed by atoms with E-state index in [0.29, 0.717) is 21.5 Å². The molecular weight excluding hydrogens is 262 g/mol. The van der Waals surface area contributed by atoms with Gasteiger partial charge in [0.15, 0.2) is 5.78 Å². The molecule has 0 bridgehead atoms. The van der Waals surface area contributed by atoms with Gasteiger partial charge in [0.25, 0.3) is 0 Å². The van der Waals surface area contributed by atoms with Gasteiger partial charge in [0.1, 0.15) is 16.0 Å². The monoisotopic (exact) mass is 273 g/mol. The van der Waals surface area contributed by atoms with E-state index in [1.807, 2.05) is 0 Å². The number of ether oxygens (including phenoxy) is 2. The van der Waals surface area contributed by atoms with Crippen LogP contribution in [0, 0.1) is 0 Å². The predicted octanol–water partition coefficient (Wildman–Crippen LogP) is 1.61. The number of hydrogen-bond donors (Lipinski definition) is 1. The quantitative estimate of drug-likeness (QED) is 0.847. The Labute approximate surface area is 96.5 Å². The smallest absolute Gasteiger partial charge is 0.180 e. The number of carbonyl (C=O) groups is 1. The van der Waals surface area contributed by atoms with Crippen LogP contribution in [0.3, 0.4) is 0 Å². The normalized spacial score (nSPS) is 9.87. The summed E-state index contributed by atoms with van der Waals surface area (Å²) in [5, 5.41) is 0. The zero-order valence-electron chi connectivity index (χ0n) is 8.54. The number of Topliss-reactive ketones (excluding diaryl/α,β-unsaturated/α-hetero) is 1. The van der Waals surface area contributed by atoms with Crippen LogP contribution >= 0.6 is 15.9 Å². The molecule has 0 saturated heterocycles. The van der Waals surface area contributed by atoms with Crippen molar-refractivity contribution in [3.05, 3.63) is 22.2 Å². The van der Waals surface area contributed by atoms with Crippen molar-refractivity contribution in [1.82, 2.24) is 0 Å². The molecule has 0 saturated carbocycles. The van der Waals surface area contributed by atoms with Gasteiger partial charge in [-0.05, 0) is 28.1 Å². The third-order valence-corrected chi connectivity index (χ3v) is 2.72. The molecule has 0 aromatic heterocycles. The lowest BCUT2D eigenvalue weighted by Crippen LogP contribution is -2.14. The lowest BCUT2D eigenvalue weighted by atomic mass is 10.1. The van der Waals surface area contributed by atoms with E-state index in [-0.39, 0.29) is 12.3 Å². The summed E-state index contributed by atoms with van der Waals surface area (Å²) >= 11 is 3.31. The van der Waals surface area contributed by atoms with Gasteiger partial charge in [-0.15, -0.1) is 0 Å². The summed E-state index contributed by atoms with van der Waals surface area (Å²) in [6.07, 6.45) is 0. The van der Waals surface area contributed by atoms with E-state index >= 15 is 0 Å². The van der Waals surface area contributed by atoms with Gasteiger partial charge in [-0.2, -0.15) is 0 Å². The van der Waals surface area contributed by atoms with Gasteiger partial charge in [0, 0.05) is 0 Å². The van der Waals surface area contributed by atoms with Crippen LogP contribution in [0.2, 0.25) is 0 Å². The molecule has 1 rings (SSSR count). The molecule has 0 heterocycles. The molecule has 1 aromatic rings. The number of nitrogens with two attached hydrogens (primary N) is 1. The fraction of sp³-hybridized carbons (Fsp3) is 0.300. The molecule has 0 spiro atoms. The molecule has 0 atom stereocenters. The summed E-state index contributed by atoms with van der Waals surface area (Å²) in [7, 11) is 3.04. The number of ketones is 1. The first-order valence-electron chi connectivity index (χ1n) is 4.29. The van der Waals surface area contributed by atoms with E-state index in [0.717, 1.165) is 0 Å². The fourth-order valence-corrected chi connectivity index (χ4v) is 1.89. The summed E-state index contributed by atoms with van der Waals surface area (Å²) < 4.78 is 10.8. The molecule has 0 unspecified atom stereocenters. The van der Waals surface area contributed by atoms with Crippen molar-refractivity contribution in [2.24, 2.45) is 5.73 Å². The Morgan fingerprint density at radius 2 is 2.07 bits per heavy atom. The van der Waals surface area contributed by atoms with Gasteiger partial charge >= 0.3 is 0 Å². The summed E-state index contributed by atoms with van der Waals surface area (Å²) in [6.45, 7) is -0.0465. The maximum absolute atomic E-state index is 11.5. The Balaban J connectivity index is 3.30. The maximum Gasteiger partial charge on any atom is 0.180 e. The van der Waals surface area contributed by atoms with Gasteiger partial charge in [0.2, 0.25) is 0 Å². The lowest BCUT2D eigenvalue weighted by molar-refractivity contribution is 0.0998. The Morgan fingerprint density at radius 1 is 1.40 bits per heavy atom. The first-order chi connectivity index (χ1) is 7.15. The van der Waals surface area contributed by atoms with E-state index in [2.05, 4.69) is 15.9 Å². The van der Waals surface area contributed by atoms with E-state index in [4.69, 9.17) is 15.2 Å². The highest BCUT2D eigenvalue weighted by atomic mass is 79.9. The van der Waals surface area contributed by atoms with Crippen molar-refractivity contribution in [2.45, 2.75) is 0 Å². The molecular formula is C10H12BrNO3. The second kappa shape index (κ2) is 5.14. The molecule has 5 heteroatoms. The predicted molar refractivity (Wildman–Crippen MR) is 60.6 cm³/mol. The molecule has 1 aromatic carbocycles. The summed E-state index contributed by atoms with van der Waals surface area (Å²) in [6, 6.07) is 3.33. The lowest BCUT2D eigenvalue weighted by Gasteiger charge is -2.11. The van der Waals surface area contributed by atoms with Crippen LogP contribution in [-0.2, 0) is 0 Å². The van der Waals surface area contributed by atoms with Crippen molar-refractivity contribution in [3.8, 4) is 11.5 Å². The van der Waals surface area contributed by atoms with Crippen LogP contribution in [0.5, 0.6) is 11.5 Å². The van der Waals surface area contributed by atoms with Gasteiger partial charge in [-0.25, -0.2) is 0 Å². The van der Waals surface area contributed by atoms with E-state index in [9.17, 15) is 4.79 Å². The minimum Gasteiger partial charge on any atom is -0.495 e. The molecule has 4 nitrogen and oxygen atoms in total. The SMILES string of the molecule is COc1ccc(C(=O)CN)c(OC)c1Br. The second-order valence-corrected chi connectivity index (χ2v) is 3.58. The average molecular weight is 274 g/mol. The van der Waals surface area contributed by atoms with E-state index in [1.165, 1.54) is 7.11 Å². The first-order valence-corrected chi connectivity index (χ1v) is 5.08. The number of benzene rings is 1. The molecule has 0 aliphatic rings. The van der Waals surface area contributed by atoms with E-state index < -0.39 is 0 Å². The Bertz CT molecular complexity index is 379. The minimum atomic E-state index is -0.171. The Kier molecular flexibility index (Phi) is 4.11. The molecule has 0 aliphatic heterocycles. The second-order valence-electron chi connectivity index (χ2n) is 2.79.